The van der Waals surface area contributed by atoms with Gasteiger partial charge in [-0.25, -0.2) is 4.39 Å². The predicted octanol–water partition coefficient (Wildman–Crippen LogP) is 4.63. The number of ether oxygens (including phenoxy) is 1. The summed E-state index contributed by atoms with van der Waals surface area (Å²) >= 11 is 0. The highest BCUT2D eigenvalue weighted by Crippen LogP contribution is 2.21. The van der Waals surface area contributed by atoms with Gasteiger partial charge in [0, 0.05) is 12.6 Å². The van der Waals surface area contributed by atoms with E-state index in [-0.39, 0.29) is 30.8 Å². The number of nitrogens with zero attached hydrogens (tertiary/aromatic N) is 1. The lowest BCUT2D eigenvalue weighted by Gasteiger charge is -2.33. The van der Waals surface area contributed by atoms with E-state index in [2.05, 4.69) is 5.32 Å². The van der Waals surface area contributed by atoms with E-state index in [1.807, 2.05) is 31.2 Å². The monoisotopic (exact) mass is 440 g/mol. The van der Waals surface area contributed by atoms with Crippen LogP contribution in [0.3, 0.4) is 0 Å². The van der Waals surface area contributed by atoms with Gasteiger partial charge in [-0.2, -0.15) is 0 Å². The molecule has 0 aliphatic heterocycles. The van der Waals surface area contributed by atoms with Gasteiger partial charge in [0.15, 0.2) is 0 Å². The van der Waals surface area contributed by atoms with Crippen molar-refractivity contribution in [3.63, 3.8) is 0 Å². The highest BCUT2D eigenvalue weighted by atomic mass is 19.1. The number of hydrogen-bond donors (Lipinski definition) is 1. The van der Waals surface area contributed by atoms with Gasteiger partial charge in [0.2, 0.25) is 11.8 Å². The summed E-state index contributed by atoms with van der Waals surface area (Å²) in [5, 5.41) is 3.16. The minimum atomic E-state index is -0.623. The van der Waals surface area contributed by atoms with Crippen molar-refractivity contribution in [3.8, 4) is 5.75 Å². The van der Waals surface area contributed by atoms with Crippen LogP contribution in [-0.4, -0.2) is 35.9 Å². The Morgan fingerprint density at radius 3 is 2.56 bits per heavy atom. The van der Waals surface area contributed by atoms with Gasteiger partial charge in [-0.05, 0) is 48.6 Å². The van der Waals surface area contributed by atoms with Gasteiger partial charge in [0.05, 0.1) is 13.5 Å². The third kappa shape index (κ3) is 6.31. The van der Waals surface area contributed by atoms with E-state index in [0.717, 1.165) is 31.2 Å². The Hall–Kier alpha value is -2.89. The maximum absolute atomic E-state index is 14.2. The van der Waals surface area contributed by atoms with E-state index < -0.39 is 11.9 Å². The first kappa shape index (κ1) is 23.8. The molecule has 0 radical (unpaired) electrons. The highest BCUT2D eigenvalue weighted by molar-refractivity contribution is 5.88. The standard InChI is InChI=1S/C26H33FN2O3/c1-3-24(26(31)28-21-12-5-4-6-13-21)29(18-19-10-9-14-22(16-19)32-2)25(30)17-20-11-7-8-15-23(20)27/h7-11,14-16,21,24H,3-6,12-13,17-18H2,1-2H3,(H,28,31)/t24-/m0/s1. The second kappa shape index (κ2) is 11.7. The summed E-state index contributed by atoms with van der Waals surface area (Å²) in [5.74, 6) is -0.140. The quantitative estimate of drug-likeness (QED) is 0.618. The summed E-state index contributed by atoms with van der Waals surface area (Å²) in [7, 11) is 1.59. The van der Waals surface area contributed by atoms with E-state index in [0.29, 0.717) is 17.7 Å². The molecule has 0 heterocycles. The molecular weight excluding hydrogens is 407 g/mol. The summed E-state index contributed by atoms with van der Waals surface area (Å²) in [6.45, 7) is 2.15. The van der Waals surface area contributed by atoms with E-state index >= 15 is 0 Å². The summed E-state index contributed by atoms with van der Waals surface area (Å²) < 4.78 is 19.5. The molecular formula is C26H33FN2O3. The van der Waals surface area contributed by atoms with Crippen molar-refractivity contribution in [1.29, 1.82) is 0 Å². The van der Waals surface area contributed by atoms with Gasteiger partial charge in [-0.1, -0.05) is 56.5 Å². The number of carbonyl (C=O) groups is 2. The Balaban J connectivity index is 1.83. The molecule has 1 N–H and O–H groups in total. The normalized spacial score (nSPS) is 15.1. The van der Waals surface area contributed by atoms with Crippen LogP contribution in [0.25, 0.3) is 0 Å². The number of methoxy groups -OCH3 is 1. The average molecular weight is 441 g/mol. The Bertz CT molecular complexity index is 911. The lowest BCUT2D eigenvalue weighted by Crippen LogP contribution is -2.52. The minimum Gasteiger partial charge on any atom is -0.497 e. The number of nitrogens with one attached hydrogen (secondary N) is 1. The number of carbonyl (C=O) groups excluding carboxylic acids is 2. The molecule has 5 nitrogen and oxygen atoms in total. The van der Waals surface area contributed by atoms with Crippen molar-refractivity contribution in [2.45, 2.75) is 70.5 Å². The fourth-order valence-corrected chi connectivity index (χ4v) is 4.34. The molecule has 1 aliphatic rings. The number of benzene rings is 2. The Morgan fingerprint density at radius 1 is 1.12 bits per heavy atom. The van der Waals surface area contributed by atoms with Crippen LogP contribution >= 0.6 is 0 Å². The summed E-state index contributed by atoms with van der Waals surface area (Å²) in [5.41, 5.74) is 1.19. The molecule has 172 valence electrons. The first-order valence-corrected chi connectivity index (χ1v) is 11.5. The molecule has 6 heteroatoms. The third-order valence-corrected chi connectivity index (χ3v) is 6.12. The molecule has 2 aromatic carbocycles. The Morgan fingerprint density at radius 2 is 1.88 bits per heavy atom. The molecule has 0 aromatic heterocycles. The molecule has 1 atom stereocenters. The second-order valence-corrected chi connectivity index (χ2v) is 8.41. The SMILES string of the molecule is CC[C@@H](C(=O)NC1CCCCC1)N(Cc1cccc(OC)c1)C(=O)Cc1ccccc1F. The minimum absolute atomic E-state index is 0.0934. The first-order chi connectivity index (χ1) is 15.5. The van der Waals surface area contributed by atoms with Gasteiger partial charge in [0.1, 0.15) is 17.6 Å². The van der Waals surface area contributed by atoms with Crippen LogP contribution in [0.15, 0.2) is 48.5 Å². The smallest absolute Gasteiger partial charge is 0.243 e. The third-order valence-electron chi connectivity index (χ3n) is 6.12. The average Bonchev–Trinajstić information content (AvgIpc) is 2.81. The summed E-state index contributed by atoms with van der Waals surface area (Å²) in [6.07, 6.45) is 5.76. The van der Waals surface area contributed by atoms with Crippen LogP contribution in [0.5, 0.6) is 5.75 Å². The van der Waals surface area contributed by atoms with E-state index in [4.69, 9.17) is 4.74 Å². The van der Waals surface area contributed by atoms with Crippen molar-refractivity contribution in [1.82, 2.24) is 10.2 Å². The Labute approximate surface area is 190 Å². The van der Waals surface area contributed by atoms with E-state index in [1.165, 1.54) is 12.5 Å². The van der Waals surface area contributed by atoms with Crippen LogP contribution in [0, 0.1) is 5.82 Å². The molecule has 2 amide bonds. The van der Waals surface area contributed by atoms with Crippen molar-refractivity contribution < 1.29 is 18.7 Å². The first-order valence-electron chi connectivity index (χ1n) is 11.5. The second-order valence-electron chi connectivity index (χ2n) is 8.41. The zero-order chi connectivity index (χ0) is 22.9. The van der Waals surface area contributed by atoms with E-state index in [9.17, 15) is 14.0 Å². The molecule has 1 fully saturated rings. The maximum atomic E-state index is 14.2. The van der Waals surface area contributed by atoms with Gasteiger partial charge >= 0.3 is 0 Å². The molecule has 0 saturated heterocycles. The van der Waals surface area contributed by atoms with Crippen LogP contribution in [0.4, 0.5) is 4.39 Å². The topological polar surface area (TPSA) is 58.6 Å². The van der Waals surface area contributed by atoms with Gasteiger partial charge in [-0.3, -0.25) is 9.59 Å². The van der Waals surface area contributed by atoms with Crippen molar-refractivity contribution in [2.24, 2.45) is 0 Å². The predicted molar refractivity (Wildman–Crippen MR) is 123 cm³/mol. The molecule has 0 unspecified atom stereocenters. The lowest BCUT2D eigenvalue weighted by atomic mass is 9.95. The van der Waals surface area contributed by atoms with Crippen LogP contribution in [-0.2, 0) is 22.6 Å². The molecule has 2 aromatic rings. The summed E-state index contributed by atoms with van der Waals surface area (Å²) in [6, 6.07) is 13.3. The van der Waals surface area contributed by atoms with Gasteiger partial charge in [-0.15, -0.1) is 0 Å². The fraction of sp³-hybridized carbons (Fsp3) is 0.462. The molecule has 0 spiro atoms. The van der Waals surface area contributed by atoms with Crippen molar-refractivity contribution >= 4 is 11.8 Å². The van der Waals surface area contributed by atoms with Crippen LogP contribution < -0.4 is 10.1 Å². The summed E-state index contributed by atoms with van der Waals surface area (Å²) in [4.78, 5) is 28.2. The number of hydrogen-bond acceptors (Lipinski definition) is 3. The largest absolute Gasteiger partial charge is 0.497 e. The Kier molecular flexibility index (Phi) is 8.65. The maximum Gasteiger partial charge on any atom is 0.243 e. The van der Waals surface area contributed by atoms with Gasteiger partial charge < -0.3 is 15.0 Å². The molecule has 1 saturated carbocycles. The molecule has 3 rings (SSSR count). The van der Waals surface area contributed by atoms with Crippen molar-refractivity contribution in [3.05, 3.63) is 65.5 Å². The highest BCUT2D eigenvalue weighted by Gasteiger charge is 2.30. The molecule has 1 aliphatic carbocycles. The van der Waals surface area contributed by atoms with Crippen LogP contribution in [0.1, 0.15) is 56.6 Å². The lowest BCUT2D eigenvalue weighted by molar-refractivity contribution is -0.141. The van der Waals surface area contributed by atoms with E-state index in [1.54, 1.807) is 30.2 Å². The number of halogens is 1. The van der Waals surface area contributed by atoms with Gasteiger partial charge in [0.25, 0.3) is 0 Å². The van der Waals surface area contributed by atoms with Crippen molar-refractivity contribution in [2.75, 3.05) is 7.11 Å². The zero-order valence-electron chi connectivity index (χ0n) is 19.0. The molecule has 0 bridgehead atoms. The molecule has 32 heavy (non-hydrogen) atoms. The fourth-order valence-electron chi connectivity index (χ4n) is 4.34. The number of amides is 2. The van der Waals surface area contributed by atoms with Crippen LogP contribution in [0.2, 0.25) is 0 Å². The number of rotatable bonds is 9. The zero-order valence-corrected chi connectivity index (χ0v) is 19.0.